The summed E-state index contributed by atoms with van der Waals surface area (Å²) in [6.45, 7) is 3.84. The Morgan fingerprint density at radius 1 is 1.35 bits per heavy atom. The van der Waals surface area contributed by atoms with Gasteiger partial charge in [-0.25, -0.2) is 4.79 Å². The van der Waals surface area contributed by atoms with Crippen LogP contribution in [-0.2, 0) is 9.59 Å². The van der Waals surface area contributed by atoms with E-state index in [9.17, 15) is 14.7 Å². The van der Waals surface area contributed by atoms with Crippen LogP contribution in [0.5, 0.6) is 0 Å². The molecule has 17 heavy (non-hydrogen) atoms. The number of amides is 1. The van der Waals surface area contributed by atoms with Crippen LogP contribution < -0.4 is 11.1 Å². The lowest BCUT2D eigenvalue weighted by molar-refractivity contribution is -0.151. The molecule has 0 aliphatic heterocycles. The van der Waals surface area contributed by atoms with Crippen molar-refractivity contribution in [1.29, 1.82) is 0 Å². The Labute approximate surface area is 102 Å². The Bertz CT molecular complexity index is 301. The molecule has 0 atom stereocenters. The molecule has 0 heterocycles. The fourth-order valence-electron chi connectivity index (χ4n) is 2.26. The number of nitrogens with two attached hydrogens (primary N) is 1. The molecule has 5 heteroatoms. The minimum atomic E-state index is -1.14. The summed E-state index contributed by atoms with van der Waals surface area (Å²) < 4.78 is 0. The molecule has 0 spiro atoms. The summed E-state index contributed by atoms with van der Waals surface area (Å²) in [5.41, 5.74) is 3.97. The monoisotopic (exact) mass is 242 g/mol. The van der Waals surface area contributed by atoms with Crippen LogP contribution in [0.25, 0.3) is 0 Å². The van der Waals surface area contributed by atoms with Gasteiger partial charge in [0.2, 0.25) is 5.91 Å². The molecule has 5 nitrogen and oxygen atoms in total. The topological polar surface area (TPSA) is 92.4 Å². The highest BCUT2D eigenvalue weighted by molar-refractivity contribution is 5.90. The number of rotatable bonds is 6. The van der Waals surface area contributed by atoms with E-state index in [1.807, 2.05) is 0 Å². The second kappa shape index (κ2) is 5.04. The molecule has 98 valence electrons. The molecule has 0 bridgehead atoms. The van der Waals surface area contributed by atoms with Crippen molar-refractivity contribution in [2.75, 3.05) is 6.54 Å². The summed E-state index contributed by atoms with van der Waals surface area (Å²) in [6, 6.07) is 0. The van der Waals surface area contributed by atoms with Crippen molar-refractivity contribution in [2.45, 2.75) is 51.5 Å². The third kappa shape index (κ3) is 2.29. The van der Waals surface area contributed by atoms with Crippen molar-refractivity contribution in [3.05, 3.63) is 0 Å². The molecule has 0 saturated heterocycles. The zero-order valence-electron chi connectivity index (χ0n) is 10.6. The summed E-state index contributed by atoms with van der Waals surface area (Å²) in [5, 5.41) is 12.0. The summed E-state index contributed by atoms with van der Waals surface area (Å²) >= 11 is 0. The molecule has 1 aliphatic carbocycles. The molecule has 1 aliphatic rings. The van der Waals surface area contributed by atoms with Crippen LogP contribution in [0, 0.1) is 5.41 Å². The van der Waals surface area contributed by atoms with Gasteiger partial charge >= 0.3 is 5.97 Å². The number of hydrogen-bond acceptors (Lipinski definition) is 3. The summed E-state index contributed by atoms with van der Waals surface area (Å²) in [5.74, 6) is -1.17. The molecule has 0 aromatic carbocycles. The minimum Gasteiger partial charge on any atom is -0.480 e. The van der Waals surface area contributed by atoms with Crippen molar-refractivity contribution >= 4 is 11.9 Å². The lowest BCUT2D eigenvalue weighted by atomic mass is 9.67. The zero-order chi connectivity index (χ0) is 13.1. The molecule has 1 rings (SSSR count). The van der Waals surface area contributed by atoms with E-state index in [0.717, 1.165) is 19.3 Å². The van der Waals surface area contributed by atoms with Gasteiger partial charge in [-0.05, 0) is 25.7 Å². The maximum absolute atomic E-state index is 12.2. The van der Waals surface area contributed by atoms with Crippen LogP contribution in [0.1, 0.15) is 46.0 Å². The highest BCUT2D eigenvalue weighted by Gasteiger charge is 2.47. The summed E-state index contributed by atoms with van der Waals surface area (Å²) in [7, 11) is 0. The normalized spacial score (nSPS) is 18.3. The number of carboxylic acids is 1. The maximum Gasteiger partial charge on any atom is 0.329 e. The predicted molar refractivity (Wildman–Crippen MR) is 64.4 cm³/mol. The van der Waals surface area contributed by atoms with E-state index >= 15 is 0 Å². The smallest absolute Gasteiger partial charge is 0.329 e. The maximum atomic E-state index is 12.2. The lowest BCUT2D eigenvalue weighted by Crippen LogP contribution is -2.60. The zero-order valence-corrected chi connectivity index (χ0v) is 10.6. The first kappa shape index (κ1) is 14.0. The number of hydrogen-bond donors (Lipinski definition) is 3. The van der Waals surface area contributed by atoms with E-state index in [2.05, 4.69) is 5.32 Å². The van der Waals surface area contributed by atoms with Gasteiger partial charge in [-0.2, -0.15) is 0 Å². The summed E-state index contributed by atoms with van der Waals surface area (Å²) in [6.07, 6.45) is 3.27. The fraction of sp³-hybridized carbons (Fsp3) is 0.833. The van der Waals surface area contributed by atoms with Gasteiger partial charge < -0.3 is 16.2 Å². The molecular weight excluding hydrogens is 220 g/mol. The number of nitrogens with one attached hydrogen (secondary N) is 1. The standard InChI is InChI=1S/C12H22N2O3/c1-3-12(4-2,10(16)17)14-9(15)11(8-13)6-5-7-11/h3-8,13H2,1-2H3,(H,14,15)(H,16,17). The van der Waals surface area contributed by atoms with E-state index in [4.69, 9.17) is 5.73 Å². The second-order valence-corrected chi connectivity index (χ2v) is 4.89. The minimum absolute atomic E-state index is 0.197. The van der Waals surface area contributed by atoms with Crippen LogP contribution in [0.15, 0.2) is 0 Å². The number of aliphatic carboxylic acids is 1. The molecule has 0 aromatic rings. The van der Waals surface area contributed by atoms with Crippen LogP contribution in [0.2, 0.25) is 0 Å². The van der Waals surface area contributed by atoms with E-state index in [1.165, 1.54) is 0 Å². The van der Waals surface area contributed by atoms with Crippen molar-refractivity contribution in [3.8, 4) is 0 Å². The first-order chi connectivity index (χ1) is 7.96. The Morgan fingerprint density at radius 3 is 2.12 bits per heavy atom. The lowest BCUT2D eigenvalue weighted by Gasteiger charge is -2.42. The molecule has 0 aromatic heterocycles. The molecule has 0 unspecified atom stereocenters. The predicted octanol–water partition coefficient (Wildman–Crippen LogP) is 0.875. The van der Waals surface area contributed by atoms with Gasteiger partial charge in [0.25, 0.3) is 0 Å². The van der Waals surface area contributed by atoms with Crippen LogP contribution in [-0.4, -0.2) is 29.1 Å². The van der Waals surface area contributed by atoms with E-state index in [1.54, 1.807) is 13.8 Å². The van der Waals surface area contributed by atoms with Gasteiger partial charge in [0.1, 0.15) is 5.54 Å². The largest absolute Gasteiger partial charge is 0.480 e. The molecule has 4 N–H and O–H groups in total. The van der Waals surface area contributed by atoms with Crippen molar-refractivity contribution in [1.82, 2.24) is 5.32 Å². The Hall–Kier alpha value is -1.10. The van der Waals surface area contributed by atoms with Crippen molar-refractivity contribution in [2.24, 2.45) is 11.1 Å². The third-order valence-corrected chi connectivity index (χ3v) is 4.15. The van der Waals surface area contributed by atoms with Gasteiger partial charge in [-0.3, -0.25) is 4.79 Å². The van der Waals surface area contributed by atoms with E-state index < -0.39 is 16.9 Å². The molecule has 1 amide bonds. The SMILES string of the molecule is CCC(CC)(NC(=O)C1(CN)CCC1)C(=O)O. The number of carboxylic acid groups (broad SMARTS) is 1. The average molecular weight is 242 g/mol. The molecule has 0 radical (unpaired) electrons. The van der Waals surface area contributed by atoms with E-state index in [0.29, 0.717) is 19.4 Å². The number of carbonyl (C=O) groups excluding carboxylic acids is 1. The van der Waals surface area contributed by atoms with Crippen LogP contribution >= 0.6 is 0 Å². The highest BCUT2D eigenvalue weighted by Crippen LogP contribution is 2.40. The number of carbonyl (C=O) groups is 2. The Balaban J connectivity index is 2.81. The molecular formula is C12H22N2O3. The molecule has 1 saturated carbocycles. The first-order valence-electron chi connectivity index (χ1n) is 6.22. The van der Waals surface area contributed by atoms with Crippen molar-refractivity contribution < 1.29 is 14.7 Å². The Morgan fingerprint density at radius 2 is 1.88 bits per heavy atom. The molecule has 1 fully saturated rings. The van der Waals surface area contributed by atoms with E-state index in [-0.39, 0.29) is 5.91 Å². The van der Waals surface area contributed by atoms with Crippen molar-refractivity contribution in [3.63, 3.8) is 0 Å². The van der Waals surface area contributed by atoms with Gasteiger partial charge in [0.15, 0.2) is 0 Å². The van der Waals surface area contributed by atoms with Gasteiger partial charge in [0.05, 0.1) is 5.41 Å². The quantitative estimate of drug-likeness (QED) is 0.644. The van der Waals surface area contributed by atoms with Gasteiger partial charge in [-0.15, -0.1) is 0 Å². The second-order valence-electron chi connectivity index (χ2n) is 4.89. The average Bonchev–Trinajstić information content (AvgIpc) is 2.24. The Kier molecular flexibility index (Phi) is 4.14. The van der Waals surface area contributed by atoms with Crippen LogP contribution in [0.4, 0.5) is 0 Å². The first-order valence-corrected chi connectivity index (χ1v) is 6.22. The van der Waals surface area contributed by atoms with Gasteiger partial charge in [-0.1, -0.05) is 20.3 Å². The fourth-order valence-corrected chi connectivity index (χ4v) is 2.26. The highest BCUT2D eigenvalue weighted by atomic mass is 16.4. The third-order valence-electron chi connectivity index (χ3n) is 4.15. The van der Waals surface area contributed by atoms with Crippen LogP contribution in [0.3, 0.4) is 0 Å². The summed E-state index contributed by atoms with van der Waals surface area (Å²) in [4.78, 5) is 23.5. The van der Waals surface area contributed by atoms with Gasteiger partial charge in [0, 0.05) is 6.54 Å².